The number of benzene rings is 1. The molecule has 0 radical (unpaired) electrons. The summed E-state index contributed by atoms with van der Waals surface area (Å²) >= 11 is 0. The Bertz CT molecular complexity index is 1020. The normalized spacial score (nSPS) is 11.8. The SMILES string of the molecule is CS(=O)(=O)N(CCc1c[nH]c2ccccc12)CC(=O)NCc1cccnc1. The van der Waals surface area contributed by atoms with E-state index < -0.39 is 10.0 Å². The molecule has 3 aromatic rings. The molecule has 7 nitrogen and oxygen atoms in total. The van der Waals surface area contributed by atoms with E-state index in [1.165, 1.54) is 4.31 Å². The van der Waals surface area contributed by atoms with Gasteiger partial charge in [-0.05, 0) is 29.7 Å². The summed E-state index contributed by atoms with van der Waals surface area (Å²) in [4.78, 5) is 19.4. The van der Waals surface area contributed by atoms with Gasteiger partial charge in [0, 0.05) is 42.6 Å². The molecule has 0 aliphatic rings. The van der Waals surface area contributed by atoms with Crippen LogP contribution < -0.4 is 5.32 Å². The smallest absolute Gasteiger partial charge is 0.235 e. The number of fused-ring (bicyclic) bond motifs is 1. The Hall–Kier alpha value is -2.71. The number of carbonyl (C=O) groups excluding carboxylic acids is 1. The summed E-state index contributed by atoms with van der Waals surface area (Å²) in [5.74, 6) is -0.344. The molecule has 0 saturated carbocycles. The third-order valence-corrected chi connectivity index (χ3v) is 5.56. The lowest BCUT2D eigenvalue weighted by Gasteiger charge is -2.19. The second-order valence-electron chi connectivity index (χ2n) is 6.34. The lowest BCUT2D eigenvalue weighted by molar-refractivity contribution is -0.121. The summed E-state index contributed by atoms with van der Waals surface area (Å²) in [6, 6.07) is 11.5. The Morgan fingerprint density at radius 1 is 1.22 bits per heavy atom. The molecule has 0 fully saturated rings. The summed E-state index contributed by atoms with van der Waals surface area (Å²) in [5, 5.41) is 3.80. The highest BCUT2D eigenvalue weighted by Gasteiger charge is 2.20. The number of pyridine rings is 1. The Balaban J connectivity index is 1.61. The van der Waals surface area contributed by atoms with Gasteiger partial charge in [0.25, 0.3) is 0 Å². The number of H-pyrrole nitrogens is 1. The molecular formula is C19H22N4O3S. The standard InChI is InChI=1S/C19H22N4O3S/c1-27(25,26)23(14-19(24)22-12-15-5-4-9-20-11-15)10-8-16-13-21-18-7-3-2-6-17(16)18/h2-7,9,11,13,21H,8,10,12,14H2,1H3,(H,22,24). The van der Waals surface area contributed by atoms with Crippen LogP contribution in [0.25, 0.3) is 10.9 Å². The number of amides is 1. The average molecular weight is 386 g/mol. The fourth-order valence-electron chi connectivity index (χ4n) is 2.87. The van der Waals surface area contributed by atoms with Crippen LogP contribution in [0.4, 0.5) is 0 Å². The maximum atomic E-state index is 12.2. The second-order valence-corrected chi connectivity index (χ2v) is 8.33. The van der Waals surface area contributed by atoms with Crippen molar-refractivity contribution in [3.8, 4) is 0 Å². The van der Waals surface area contributed by atoms with Crippen LogP contribution in [0.1, 0.15) is 11.1 Å². The van der Waals surface area contributed by atoms with Crippen molar-refractivity contribution >= 4 is 26.8 Å². The fraction of sp³-hybridized carbons (Fsp3) is 0.263. The average Bonchev–Trinajstić information content (AvgIpc) is 3.06. The summed E-state index contributed by atoms with van der Waals surface area (Å²) in [5.41, 5.74) is 2.89. The first-order valence-corrected chi connectivity index (χ1v) is 10.4. The van der Waals surface area contributed by atoms with Gasteiger partial charge in [0.15, 0.2) is 0 Å². The highest BCUT2D eigenvalue weighted by Crippen LogP contribution is 2.18. The molecule has 0 aliphatic heterocycles. The molecule has 0 atom stereocenters. The van der Waals surface area contributed by atoms with Crippen LogP contribution in [0.3, 0.4) is 0 Å². The van der Waals surface area contributed by atoms with E-state index in [1.807, 2.05) is 36.5 Å². The molecule has 2 aromatic heterocycles. The molecule has 0 bridgehead atoms. The number of nitrogens with zero attached hydrogens (tertiary/aromatic N) is 2. The van der Waals surface area contributed by atoms with Crippen molar-refractivity contribution in [3.05, 3.63) is 66.1 Å². The van der Waals surface area contributed by atoms with Crippen LogP contribution in [0.2, 0.25) is 0 Å². The zero-order valence-corrected chi connectivity index (χ0v) is 15.9. The Morgan fingerprint density at radius 3 is 2.78 bits per heavy atom. The van der Waals surface area contributed by atoms with E-state index in [1.54, 1.807) is 18.5 Å². The molecule has 142 valence electrons. The molecule has 0 aliphatic carbocycles. The number of nitrogens with one attached hydrogen (secondary N) is 2. The number of sulfonamides is 1. The molecule has 3 rings (SSSR count). The predicted molar refractivity (Wildman–Crippen MR) is 105 cm³/mol. The van der Waals surface area contributed by atoms with Gasteiger partial charge in [-0.25, -0.2) is 8.42 Å². The van der Waals surface area contributed by atoms with Gasteiger partial charge in [0.2, 0.25) is 15.9 Å². The Morgan fingerprint density at radius 2 is 2.04 bits per heavy atom. The van der Waals surface area contributed by atoms with Crippen LogP contribution in [0.5, 0.6) is 0 Å². The van der Waals surface area contributed by atoms with E-state index in [0.717, 1.165) is 28.3 Å². The highest BCUT2D eigenvalue weighted by atomic mass is 32.2. The molecule has 1 amide bonds. The van der Waals surface area contributed by atoms with Crippen LogP contribution in [-0.2, 0) is 27.8 Å². The molecule has 0 saturated heterocycles. The molecule has 2 N–H and O–H groups in total. The predicted octanol–water partition coefficient (Wildman–Crippen LogP) is 1.68. The molecule has 1 aromatic carbocycles. The van der Waals surface area contributed by atoms with Crippen molar-refractivity contribution in [1.82, 2.24) is 19.6 Å². The number of hydrogen-bond acceptors (Lipinski definition) is 4. The number of rotatable bonds is 8. The minimum Gasteiger partial charge on any atom is -0.361 e. The van der Waals surface area contributed by atoms with Crippen molar-refractivity contribution in [1.29, 1.82) is 0 Å². The van der Waals surface area contributed by atoms with E-state index >= 15 is 0 Å². The lowest BCUT2D eigenvalue weighted by Crippen LogP contribution is -2.41. The van der Waals surface area contributed by atoms with Crippen molar-refractivity contribution in [2.24, 2.45) is 0 Å². The van der Waals surface area contributed by atoms with Gasteiger partial charge >= 0.3 is 0 Å². The quantitative estimate of drug-likeness (QED) is 0.616. The van der Waals surface area contributed by atoms with Crippen LogP contribution in [0, 0.1) is 0 Å². The molecule has 0 spiro atoms. The lowest BCUT2D eigenvalue weighted by atomic mass is 10.1. The maximum Gasteiger partial charge on any atom is 0.235 e. The zero-order chi connectivity index (χ0) is 19.3. The Labute approximate surface area is 158 Å². The fourth-order valence-corrected chi connectivity index (χ4v) is 3.64. The van der Waals surface area contributed by atoms with Crippen molar-refractivity contribution < 1.29 is 13.2 Å². The largest absolute Gasteiger partial charge is 0.361 e. The number of carbonyl (C=O) groups is 1. The van der Waals surface area contributed by atoms with E-state index in [0.29, 0.717) is 13.0 Å². The van der Waals surface area contributed by atoms with Crippen LogP contribution >= 0.6 is 0 Å². The maximum absolute atomic E-state index is 12.2. The van der Waals surface area contributed by atoms with Gasteiger partial charge in [0.1, 0.15) is 0 Å². The van der Waals surface area contributed by atoms with Crippen molar-refractivity contribution in [2.75, 3.05) is 19.3 Å². The summed E-state index contributed by atoms with van der Waals surface area (Å²) in [6.45, 7) is 0.342. The number of para-hydroxylation sites is 1. The minimum absolute atomic E-state index is 0.207. The first-order chi connectivity index (χ1) is 12.9. The number of hydrogen-bond donors (Lipinski definition) is 2. The van der Waals surface area contributed by atoms with Crippen molar-refractivity contribution in [3.63, 3.8) is 0 Å². The molecule has 27 heavy (non-hydrogen) atoms. The first kappa shape index (κ1) is 19.1. The first-order valence-electron chi connectivity index (χ1n) is 8.59. The minimum atomic E-state index is -3.50. The summed E-state index contributed by atoms with van der Waals surface area (Å²) in [6.07, 6.45) is 6.84. The van der Waals surface area contributed by atoms with Gasteiger partial charge in [0.05, 0.1) is 12.8 Å². The molecule has 8 heteroatoms. The molecule has 2 heterocycles. The van der Waals surface area contributed by atoms with Gasteiger partial charge in [-0.1, -0.05) is 24.3 Å². The van der Waals surface area contributed by atoms with Gasteiger partial charge in [-0.3, -0.25) is 9.78 Å². The topological polar surface area (TPSA) is 95.2 Å². The number of aromatic nitrogens is 2. The van der Waals surface area contributed by atoms with E-state index in [-0.39, 0.29) is 19.0 Å². The van der Waals surface area contributed by atoms with Crippen LogP contribution in [0.15, 0.2) is 55.0 Å². The summed E-state index contributed by atoms with van der Waals surface area (Å²) < 4.78 is 25.4. The van der Waals surface area contributed by atoms with Crippen LogP contribution in [-0.4, -0.2) is 47.9 Å². The molecule has 0 unspecified atom stereocenters. The monoisotopic (exact) mass is 386 g/mol. The second kappa shape index (κ2) is 8.32. The van der Waals surface area contributed by atoms with E-state index in [9.17, 15) is 13.2 Å². The van der Waals surface area contributed by atoms with E-state index in [4.69, 9.17) is 0 Å². The van der Waals surface area contributed by atoms with Gasteiger partial charge in [-0.15, -0.1) is 0 Å². The number of aromatic amines is 1. The third-order valence-electron chi connectivity index (χ3n) is 4.31. The van der Waals surface area contributed by atoms with Crippen molar-refractivity contribution in [2.45, 2.75) is 13.0 Å². The highest BCUT2D eigenvalue weighted by molar-refractivity contribution is 7.88. The van der Waals surface area contributed by atoms with E-state index in [2.05, 4.69) is 15.3 Å². The third kappa shape index (κ3) is 5.15. The Kier molecular flexibility index (Phi) is 5.88. The zero-order valence-electron chi connectivity index (χ0n) is 15.1. The van der Waals surface area contributed by atoms with Gasteiger partial charge in [-0.2, -0.15) is 4.31 Å². The van der Waals surface area contributed by atoms with Gasteiger partial charge < -0.3 is 10.3 Å². The summed E-state index contributed by atoms with van der Waals surface area (Å²) in [7, 11) is -3.50. The molecular weight excluding hydrogens is 364 g/mol.